The first-order valence-electron chi connectivity index (χ1n) is 7.15. The van der Waals surface area contributed by atoms with E-state index in [1.54, 1.807) is 0 Å². The third kappa shape index (κ3) is 2.03. The standard InChI is InChI=1S/C15H17N5O/c1-8(16)11-7-10(20-21-11)14-17-9-3-4-12(15(2)5-6-15)18-13(9)19-14/h3-4,7-8H,5-6,16H2,1-2H3,(H,17,18,19)/t8-/m1/s1. The van der Waals surface area contributed by atoms with Crippen LogP contribution < -0.4 is 5.73 Å². The average Bonchev–Trinajstić information content (AvgIpc) is 2.95. The zero-order valence-corrected chi connectivity index (χ0v) is 12.1. The molecule has 0 amide bonds. The average molecular weight is 283 g/mol. The number of hydrogen-bond donors (Lipinski definition) is 2. The lowest BCUT2D eigenvalue weighted by Crippen LogP contribution is -2.02. The maximum atomic E-state index is 5.78. The minimum Gasteiger partial charge on any atom is -0.359 e. The van der Waals surface area contributed by atoms with Gasteiger partial charge in [0.2, 0.25) is 0 Å². The summed E-state index contributed by atoms with van der Waals surface area (Å²) in [6.45, 7) is 4.09. The first kappa shape index (κ1) is 12.5. The van der Waals surface area contributed by atoms with E-state index in [1.807, 2.05) is 19.1 Å². The molecule has 3 N–H and O–H groups in total. The topological polar surface area (TPSA) is 93.6 Å². The highest BCUT2D eigenvalue weighted by Gasteiger charge is 2.40. The smallest absolute Gasteiger partial charge is 0.178 e. The largest absolute Gasteiger partial charge is 0.359 e. The molecule has 0 spiro atoms. The number of nitrogens with zero attached hydrogens (tertiary/aromatic N) is 3. The van der Waals surface area contributed by atoms with Gasteiger partial charge in [-0.3, -0.25) is 0 Å². The van der Waals surface area contributed by atoms with Crippen LogP contribution in [0.25, 0.3) is 22.7 Å². The Morgan fingerprint density at radius 2 is 2.14 bits per heavy atom. The van der Waals surface area contributed by atoms with Gasteiger partial charge in [0.25, 0.3) is 0 Å². The Labute approximate surface area is 121 Å². The Hall–Kier alpha value is -2.21. The van der Waals surface area contributed by atoms with Crippen molar-refractivity contribution in [3.63, 3.8) is 0 Å². The van der Waals surface area contributed by atoms with Crippen LogP contribution >= 0.6 is 0 Å². The van der Waals surface area contributed by atoms with Crippen LogP contribution in [0, 0.1) is 0 Å². The minimum atomic E-state index is -0.185. The summed E-state index contributed by atoms with van der Waals surface area (Å²) in [5, 5.41) is 4.01. The molecule has 3 aromatic rings. The van der Waals surface area contributed by atoms with Gasteiger partial charge in [-0.25, -0.2) is 9.97 Å². The molecule has 3 heterocycles. The van der Waals surface area contributed by atoms with Gasteiger partial charge in [0.05, 0.1) is 11.6 Å². The second-order valence-corrected chi connectivity index (χ2v) is 6.12. The van der Waals surface area contributed by atoms with Crippen LogP contribution in [0.2, 0.25) is 0 Å². The zero-order valence-electron chi connectivity index (χ0n) is 12.1. The van der Waals surface area contributed by atoms with Gasteiger partial charge in [-0.1, -0.05) is 12.1 Å². The van der Waals surface area contributed by atoms with Gasteiger partial charge in [-0.15, -0.1) is 0 Å². The van der Waals surface area contributed by atoms with E-state index < -0.39 is 0 Å². The van der Waals surface area contributed by atoms with Crippen LogP contribution in [0.1, 0.15) is 44.2 Å². The molecule has 0 aromatic carbocycles. The van der Waals surface area contributed by atoms with E-state index in [4.69, 9.17) is 10.3 Å². The monoisotopic (exact) mass is 283 g/mol. The van der Waals surface area contributed by atoms with Gasteiger partial charge in [0, 0.05) is 17.2 Å². The lowest BCUT2D eigenvalue weighted by molar-refractivity contribution is 0.369. The van der Waals surface area contributed by atoms with Crippen molar-refractivity contribution >= 4 is 11.2 Å². The summed E-state index contributed by atoms with van der Waals surface area (Å²) >= 11 is 0. The molecule has 6 nitrogen and oxygen atoms in total. The van der Waals surface area contributed by atoms with Crippen LogP contribution in [0.15, 0.2) is 22.7 Å². The van der Waals surface area contributed by atoms with Crippen molar-refractivity contribution in [1.29, 1.82) is 0 Å². The fourth-order valence-corrected chi connectivity index (χ4v) is 2.41. The lowest BCUT2D eigenvalue weighted by atomic mass is 10.1. The fourth-order valence-electron chi connectivity index (χ4n) is 2.41. The van der Waals surface area contributed by atoms with Crippen LogP contribution in [0.3, 0.4) is 0 Å². The van der Waals surface area contributed by atoms with Crippen molar-refractivity contribution in [2.75, 3.05) is 0 Å². The molecule has 3 aromatic heterocycles. The summed E-state index contributed by atoms with van der Waals surface area (Å²) in [6, 6.07) is 5.73. The molecule has 4 rings (SSSR count). The minimum absolute atomic E-state index is 0.185. The number of hydrogen-bond acceptors (Lipinski definition) is 5. The molecule has 108 valence electrons. The van der Waals surface area contributed by atoms with Crippen molar-refractivity contribution in [2.45, 2.75) is 38.1 Å². The maximum Gasteiger partial charge on any atom is 0.178 e. The van der Waals surface area contributed by atoms with E-state index >= 15 is 0 Å². The predicted molar refractivity (Wildman–Crippen MR) is 78.6 cm³/mol. The van der Waals surface area contributed by atoms with Gasteiger partial charge < -0.3 is 15.2 Å². The normalized spacial score (nSPS) is 18.0. The first-order valence-corrected chi connectivity index (χ1v) is 7.15. The van der Waals surface area contributed by atoms with E-state index in [-0.39, 0.29) is 11.5 Å². The maximum absolute atomic E-state index is 5.78. The summed E-state index contributed by atoms with van der Waals surface area (Å²) in [5.74, 6) is 1.30. The third-order valence-corrected chi connectivity index (χ3v) is 4.18. The molecule has 1 atom stereocenters. The van der Waals surface area contributed by atoms with Crippen molar-refractivity contribution in [2.24, 2.45) is 5.73 Å². The Morgan fingerprint density at radius 3 is 2.81 bits per heavy atom. The number of pyridine rings is 1. The highest BCUT2D eigenvalue weighted by atomic mass is 16.5. The van der Waals surface area contributed by atoms with Crippen molar-refractivity contribution in [1.82, 2.24) is 20.1 Å². The Kier molecular flexibility index (Phi) is 2.47. The Bertz CT molecular complexity index is 812. The van der Waals surface area contributed by atoms with Crippen LogP contribution in [-0.2, 0) is 5.41 Å². The molecule has 1 saturated carbocycles. The van der Waals surface area contributed by atoms with Crippen LogP contribution in [0.5, 0.6) is 0 Å². The number of nitrogens with two attached hydrogens (primary N) is 1. The van der Waals surface area contributed by atoms with Gasteiger partial charge in [-0.2, -0.15) is 0 Å². The van der Waals surface area contributed by atoms with E-state index in [1.165, 1.54) is 12.8 Å². The number of H-pyrrole nitrogens is 1. The fraction of sp³-hybridized carbons (Fsp3) is 0.400. The summed E-state index contributed by atoms with van der Waals surface area (Å²) in [5.41, 5.74) is 9.41. The van der Waals surface area contributed by atoms with Gasteiger partial charge in [0.1, 0.15) is 5.69 Å². The molecule has 0 radical (unpaired) electrons. The van der Waals surface area contributed by atoms with Crippen LogP contribution in [0.4, 0.5) is 0 Å². The number of imidazole rings is 1. The second kappa shape index (κ2) is 4.14. The highest BCUT2D eigenvalue weighted by Crippen LogP contribution is 2.46. The SMILES string of the molecule is C[C@@H](N)c1cc(-c2nc3nc(C4(C)CC4)ccc3[nH]2)no1. The number of nitrogens with one attached hydrogen (secondary N) is 1. The van der Waals surface area contributed by atoms with E-state index in [0.717, 1.165) is 16.9 Å². The zero-order chi connectivity index (χ0) is 14.6. The quantitative estimate of drug-likeness (QED) is 0.770. The van der Waals surface area contributed by atoms with Crippen molar-refractivity contribution in [3.05, 3.63) is 29.7 Å². The molecule has 6 heteroatoms. The van der Waals surface area contributed by atoms with Gasteiger partial charge in [0.15, 0.2) is 17.2 Å². The lowest BCUT2D eigenvalue weighted by Gasteiger charge is -2.05. The van der Waals surface area contributed by atoms with Crippen molar-refractivity contribution < 1.29 is 4.52 Å². The summed E-state index contributed by atoms with van der Waals surface area (Å²) < 4.78 is 5.21. The number of rotatable bonds is 3. The third-order valence-electron chi connectivity index (χ3n) is 4.18. The van der Waals surface area contributed by atoms with E-state index in [2.05, 4.69) is 33.1 Å². The number of aromatic nitrogens is 4. The molecular weight excluding hydrogens is 266 g/mol. The summed E-state index contributed by atoms with van der Waals surface area (Å²) in [7, 11) is 0. The summed E-state index contributed by atoms with van der Waals surface area (Å²) in [6.07, 6.45) is 2.40. The molecule has 1 aliphatic rings. The van der Waals surface area contributed by atoms with Crippen molar-refractivity contribution in [3.8, 4) is 11.5 Å². The molecule has 0 saturated heterocycles. The van der Waals surface area contributed by atoms with Gasteiger partial charge in [-0.05, 0) is 31.9 Å². The second-order valence-electron chi connectivity index (χ2n) is 6.12. The molecule has 0 aliphatic heterocycles. The van der Waals surface area contributed by atoms with Crippen LogP contribution in [-0.4, -0.2) is 20.1 Å². The Balaban J connectivity index is 1.75. The highest BCUT2D eigenvalue weighted by molar-refractivity contribution is 5.75. The molecule has 1 fully saturated rings. The number of fused-ring (bicyclic) bond motifs is 1. The predicted octanol–water partition coefficient (Wildman–Crippen LogP) is 2.68. The molecule has 0 bridgehead atoms. The molecule has 1 aliphatic carbocycles. The van der Waals surface area contributed by atoms with E-state index in [0.29, 0.717) is 17.3 Å². The molecular formula is C15H17N5O. The van der Waals surface area contributed by atoms with E-state index in [9.17, 15) is 0 Å². The molecule has 0 unspecified atom stereocenters. The van der Waals surface area contributed by atoms with Gasteiger partial charge >= 0.3 is 0 Å². The number of aromatic amines is 1. The summed E-state index contributed by atoms with van der Waals surface area (Å²) in [4.78, 5) is 12.4. The molecule has 21 heavy (non-hydrogen) atoms. The first-order chi connectivity index (χ1) is 10.0. The Morgan fingerprint density at radius 1 is 1.33 bits per heavy atom.